The fourth-order valence-corrected chi connectivity index (χ4v) is 1.94. The average Bonchev–Trinajstić information content (AvgIpc) is 2.41. The molecule has 1 N–H and O–H groups in total. The van der Waals surface area contributed by atoms with Gasteiger partial charge in [-0.25, -0.2) is 8.78 Å². The first-order chi connectivity index (χ1) is 9.49. The quantitative estimate of drug-likeness (QED) is 0.919. The van der Waals surface area contributed by atoms with Crippen molar-refractivity contribution in [1.29, 1.82) is 0 Å². The Hall–Kier alpha value is -1.94. The highest BCUT2D eigenvalue weighted by Crippen LogP contribution is 2.27. The van der Waals surface area contributed by atoms with Gasteiger partial charge in [0.1, 0.15) is 12.4 Å². The molecule has 0 radical (unpaired) electrons. The van der Waals surface area contributed by atoms with E-state index in [9.17, 15) is 13.9 Å². The van der Waals surface area contributed by atoms with Gasteiger partial charge in [-0.2, -0.15) is 0 Å². The Morgan fingerprint density at radius 3 is 2.65 bits per heavy atom. The first-order valence-corrected chi connectivity index (χ1v) is 6.33. The normalized spacial score (nSPS) is 12.2. The van der Waals surface area contributed by atoms with Crippen LogP contribution in [0.15, 0.2) is 36.4 Å². The third kappa shape index (κ3) is 3.14. The molecule has 0 aliphatic carbocycles. The third-order valence-electron chi connectivity index (χ3n) is 3.03. The van der Waals surface area contributed by atoms with Gasteiger partial charge >= 0.3 is 0 Å². The Bertz CT molecular complexity index is 609. The predicted molar refractivity (Wildman–Crippen MR) is 72.5 cm³/mol. The van der Waals surface area contributed by atoms with Crippen molar-refractivity contribution in [3.8, 4) is 5.75 Å². The highest BCUT2D eigenvalue weighted by Gasteiger charge is 2.12. The van der Waals surface area contributed by atoms with E-state index in [1.807, 2.05) is 19.1 Å². The summed E-state index contributed by atoms with van der Waals surface area (Å²) < 4.78 is 32.1. The summed E-state index contributed by atoms with van der Waals surface area (Å²) in [5.74, 6) is -1.33. The van der Waals surface area contributed by atoms with Gasteiger partial charge in [-0.3, -0.25) is 0 Å². The minimum absolute atomic E-state index is 0.0909. The summed E-state index contributed by atoms with van der Waals surface area (Å²) in [5, 5.41) is 9.71. The molecule has 0 aromatic heterocycles. The first-order valence-electron chi connectivity index (χ1n) is 6.33. The van der Waals surface area contributed by atoms with Crippen LogP contribution in [0.3, 0.4) is 0 Å². The van der Waals surface area contributed by atoms with Crippen LogP contribution in [0.4, 0.5) is 8.78 Å². The van der Waals surface area contributed by atoms with Gasteiger partial charge in [0.15, 0.2) is 11.6 Å². The van der Waals surface area contributed by atoms with E-state index >= 15 is 0 Å². The first kappa shape index (κ1) is 14.5. The highest BCUT2D eigenvalue weighted by molar-refractivity contribution is 5.38. The molecule has 20 heavy (non-hydrogen) atoms. The van der Waals surface area contributed by atoms with Crippen LogP contribution in [0.25, 0.3) is 0 Å². The molecule has 0 spiro atoms. The maximum absolute atomic E-state index is 13.5. The number of rotatable bonds is 4. The molecular formula is C16H16F2O2. The van der Waals surface area contributed by atoms with E-state index < -0.39 is 17.7 Å². The maximum atomic E-state index is 13.5. The molecule has 0 fully saturated rings. The summed E-state index contributed by atoms with van der Waals surface area (Å²) in [6.45, 7) is 3.44. The zero-order valence-corrected chi connectivity index (χ0v) is 11.4. The highest BCUT2D eigenvalue weighted by atomic mass is 19.2. The third-order valence-corrected chi connectivity index (χ3v) is 3.03. The minimum Gasteiger partial charge on any atom is -0.488 e. The van der Waals surface area contributed by atoms with E-state index in [1.165, 1.54) is 12.1 Å². The monoisotopic (exact) mass is 278 g/mol. The van der Waals surface area contributed by atoms with Crippen LogP contribution in [-0.4, -0.2) is 5.11 Å². The van der Waals surface area contributed by atoms with Gasteiger partial charge in [-0.15, -0.1) is 0 Å². The Morgan fingerprint density at radius 1 is 1.20 bits per heavy atom. The van der Waals surface area contributed by atoms with Crippen LogP contribution in [0, 0.1) is 18.6 Å². The molecule has 106 valence electrons. The summed E-state index contributed by atoms with van der Waals surface area (Å²) in [5.41, 5.74) is 1.76. The molecule has 2 aromatic carbocycles. The molecule has 0 saturated carbocycles. The van der Waals surface area contributed by atoms with Crippen LogP contribution in [0.1, 0.15) is 29.7 Å². The van der Waals surface area contributed by atoms with Gasteiger partial charge in [0, 0.05) is 11.1 Å². The van der Waals surface area contributed by atoms with E-state index in [1.54, 1.807) is 13.0 Å². The van der Waals surface area contributed by atoms with Crippen molar-refractivity contribution in [1.82, 2.24) is 0 Å². The number of ether oxygens (including phenoxy) is 1. The topological polar surface area (TPSA) is 29.5 Å². The molecule has 2 rings (SSSR count). The van der Waals surface area contributed by atoms with Crippen LogP contribution in [0.2, 0.25) is 0 Å². The molecule has 0 bridgehead atoms. The molecule has 0 aliphatic heterocycles. The zero-order valence-electron chi connectivity index (χ0n) is 11.4. The Labute approximate surface area is 116 Å². The second-order valence-electron chi connectivity index (χ2n) is 4.72. The van der Waals surface area contributed by atoms with Gasteiger partial charge in [-0.1, -0.05) is 23.8 Å². The van der Waals surface area contributed by atoms with Crippen molar-refractivity contribution in [3.05, 3.63) is 64.7 Å². The van der Waals surface area contributed by atoms with E-state index in [-0.39, 0.29) is 12.2 Å². The van der Waals surface area contributed by atoms with E-state index in [4.69, 9.17) is 4.74 Å². The smallest absolute Gasteiger partial charge is 0.165 e. The summed E-state index contributed by atoms with van der Waals surface area (Å²) in [7, 11) is 0. The Kier molecular flexibility index (Phi) is 4.35. The van der Waals surface area contributed by atoms with Gasteiger partial charge in [0.25, 0.3) is 0 Å². The minimum atomic E-state index is -0.904. The van der Waals surface area contributed by atoms with Crippen molar-refractivity contribution < 1.29 is 18.6 Å². The number of hydrogen-bond donors (Lipinski definition) is 1. The fourth-order valence-electron chi connectivity index (χ4n) is 1.94. The van der Waals surface area contributed by atoms with Crippen molar-refractivity contribution in [2.24, 2.45) is 0 Å². The second kappa shape index (κ2) is 6.01. The van der Waals surface area contributed by atoms with Gasteiger partial charge < -0.3 is 9.84 Å². The van der Waals surface area contributed by atoms with Crippen LogP contribution in [0.5, 0.6) is 5.75 Å². The standard InChI is InChI=1S/C16H16F2O2/c1-10-6-7-15(13(8-10)11(2)19)20-9-12-4-3-5-14(17)16(12)18/h3-8,11,19H,9H2,1-2H3/t11-/m1/s1. The molecule has 0 aliphatic rings. The Morgan fingerprint density at radius 2 is 1.95 bits per heavy atom. The van der Waals surface area contributed by atoms with Crippen molar-refractivity contribution in [3.63, 3.8) is 0 Å². The lowest BCUT2D eigenvalue weighted by Crippen LogP contribution is -2.04. The lowest BCUT2D eigenvalue weighted by molar-refractivity contribution is 0.189. The van der Waals surface area contributed by atoms with Gasteiger partial charge in [0.2, 0.25) is 0 Å². The predicted octanol–water partition coefficient (Wildman–Crippen LogP) is 3.91. The average molecular weight is 278 g/mol. The zero-order chi connectivity index (χ0) is 14.7. The molecule has 2 nitrogen and oxygen atoms in total. The number of benzene rings is 2. The van der Waals surface area contributed by atoms with E-state index in [0.717, 1.165) is 11.6 Å². The number of halogens is 2. The number of aliphatic hydroxyl groups is 1. The summed E-state index contributed by atoms with van der Waals surface area (Å²) in [6.07, 6.45) is -0.692. The van der Waals surface area contributed by atoms with Gasteiger partial charge in [0.05, 0.1) is 6.10 Å². The largest absolute Gasteiger partial charge is 0.488 e. The van der Waals surface area contributed by atoms with E-state index in [0.29, 0.717) is 11.3 Å². The van der Waals surface area contributed by atoms with Crippen LogP contribution in [-0.2, 0) is 6.61 Å². The molecule has 4 heteroatoms. The lowest BCUT2D eigenvalue weighted by atomic mass is 10.1. The van der Waals surface area contributed by atoms with Crippen LogP contribution >= 0.6 is 0 Å². The van der Waals surface area contributed by atoms with Gasteiger partial charge in [-0.05, 0) is 32.0 Å². The maximum Gasteiger partial charge on any atom is 0.165 e. The van der Waals surface area contributed by atoms with Crippen molar-refractivity contribution in [2.75, 3.05) is 0 Å². The molecule has 0 saturated heterocycles. The molecule has 2 aromatic rings. The SMILES string of the molecule is Cc1ccc(OCc2cccc(F)c2F)c([C@@H](C)O)c1. The van der Waals surface area contributed by atoms with Crippen LogP contribution < -0.4 is 4.74 Å². The second-order valence-corrected chi connectivity index (χ2v) is 4.72. The Balaban J connectivity index is 2.21. The fraction of sp³-hybridized carbons (Fsp3) is 0.250. The molecule has 1 atom stereocenters. The number of hydrogen-bond acceptors (Lipinski definition) is 2. The molecular weight excluding hydrogens is 262 g/mol. The lowest BCUT2D eigenvalue weighted by Gasteiger charge is -2.14. The summed E-state index contributed by atoms with van der Waals surface area (Å²) in [4.78, 5) is 0. The molecule has 0 heterocycles. The molecule has 0 unspecified atom stereocenters. The number of aryl methyl sites for hydroxylation is 1. The van der Waals surface area contributed by atoms with Crippen molar-refractivity contribution in [2.45, 2.75) is 26.6 Å². The summed E-state index contributed by atoms with van der Waals surface area (Å²) >= 11 is 0. The van der Waals surface area contributed by atoms with E-state index in [2.05, 4.69) is 0 Å². The van der Waals surface area contributed by atoms with Crippen molar-refractivity contribution >= 4 is 0 Å². The number of aliphatic hydroxyl groups excluding tert-OH is 1. The molecule has 0 amide bonds. The summed E-state index contributed by atoms with van der Waals surface area (Å²) in [6, 6.07) is 9.32.